The monoisotopic (exact) mass is 379 g/mol. The van der Waals surface area contributed by atoms with Gasteiger partial charge in [-0.25, -0.2) is 9.37 Å². The van der Waals surface area contributed by atoms with Crippen LogP contribution in [0, 0.1) is 19.7 Å². The maximum Gasteiger partial charge on any atom is 0.174 e. The molecule has 0 aliphatic carbocycles. The number of benzene rings is 1. The van der Waals surface area contributed by atoms with E-state index in [4.69, 9.17) is 0 Å². The number of hydrogen-bond donors (Lipinski definition) is 1. The first-order valence-corrected chi connectivity index (χ1v) is 9.78. The second-order valence-corrected chi connectivity index (χ2v) is 7.18. The molecule has 3 nitrogen and oxygen atoms in total. The number of fused-ring (bicyclic) bond motifs is 1. The third kappa shape index (κ3) is 3.98. The Morgan fingerprint density at radius 2 is 1.78 bits per heavy atom. The van der Waals surface area contributed by atoms with Gasteiger partial charge in [0.1, 0.15) is 5.69 Å². The molecule has 3 aromatic heterocycles. The molecule has 0 saturated heterocycles. The molecule has 0 spiro atoms. The molecule has 0 amide bonds. The molecule has 27 heavy (non-hydrogen) atoms. The van der Waals surface area contributed by atoms with Crippen molar-refractivity contribution in [3.05, 3.63) is 71.1 Å². The van der Waals surface area contributed by atoms with E-state index >= 15 is 4.39 Å². The summed E-state index contributed by atoms with van der Waals surface area (Å²) in [5.74, 6) is -0.338. The molecule has 0 unspecified atom stereocenters. The number of aryl methyl sites for hydroxylation is 2. The van der Waals surface area contributed by atoms with Gasteiger partial charge in [-0.05, 0) is 44.2 Å². The van der Waals surface area contributed by atoms with Crippen LogP contribution in [0.4, 0.5) is 15.8 Å². The standard InChI is InChI=1S/C20H16FN3S.C2H6/c1-12-11-14(9-10-22-12)23-19-15-5-3-4-6-16(15)24-20(18(19)21)17-8-7-13(2)25-17;1-2/h3-11H,1-2H3,(H,22,23,24);1-2H3. The topological polar surface area (TPSA) is 37.8 Å². The molecule has 0 aliphatic heterocycles. The Bertz CT molecular complexity index is 1070. The Morgan fingerprint density at radius 3 is 2.48 bits per heavy atom. The van der Waals surface area contributed by atoms with Crippen LogP contribution in [0.15, 0.2) is 54.7 Å². The summed E-state index contributed by atoms with van der Waals surface area (Å²) >= 11 is 1.54. The van der Waals surface area contributed by atoms with Gasteiger partial charge in [-0.2, -0.15) is 0 Å². The molecule has 0 fully saturated rings. The van der Waals surface area contributed by atoms with Crippen molar-refractivity contribution in [2.24, 2.45) is 0 Å². The number of aromatic nitrogens is 2. The Morgan fingerprint density at radius 1 is 1.00 bits per heavy atom. The van der Waals surface area contributed by atoms with E-state index in [2.05, 4.69) is 15.3 Å². The molecule has 5 heteroatoms. The smallest absolute Gasteiger partial charge is 0.174 e. The van der Waals surface area contributed by atoms with Crippen LogP contribution in [-0.4, -0.2) is 9.97 Å². The zero-order valence-electron chi connectivity index (χ0n) is 15.9. The Balaban J connectivity index is 0.00000102. The van der Waals surface area contributed by atoms with Crippen molar-refractivity contribution < 1.29 is 4.39 Å². The summed E-state index contributed by atoms with van der Waals surface area (Å²) in [6, 6.07) is 15.2. The number of thiophene rings is 1. The van der Waals surface area contributed by atoms with Gasteiger partial charge in [0.15, 0.2) is 5.82 Å². The van der Waals surface area contributed by atoms with Crippen molar-refractivity contribution in [2.45, 2.75) is 27.7 Å². The van der Waals surface area contributed by atoms with Crippen LogP contribution >= 0.6 is 11.3 Å². The van der Waals surface area contributed by atoms with E-state index in [0.717, 1.165) is 32.0 Å². The molecule has 0 bridgehead atoms. The number of halogens is 1. The van der Waals surface area contributed by atoms with Crippen molar-refractivity contribution in [2.75, 3.05) is 5.32 Å². The number of nitrogens with one attached hydrogen (secondary N) is 1. The lowest BCUT2D eigenvalue weighted by atomic mass is 10.1. The van der Waals surface area contributed by atoms with E-state index in [9.17, 15) is 0 Å². The predicted molar refractivity (Wildman–Crippen MR) is 113 cm³/mol. The number of pyridine rings is 2. The number of para-hydroxylation sites is 1. The first-order chi connectivity index (χ1) is 13.1. The van der Waals surface area contributed by atoms with Gasteiger partial charge in [-0.3, -0.25) is 4.98 Å². The Hall–Kier alpha value is -2.79. The Kier molecular flexibility index (Phi) is 5.81. The van der Waals surface area contributed by atoms with Crippen molar-refractivity contribution >= 4 is 33.6 Å². The summed E-state index contributed by atoms with van der Waals surface area (Å²) in [6.45, 7) is 7.91. The molecule has 0 atom stereocenters. The van der Waals surface area contributed by atoms with Gasteiger partial charge in [-0.1, -0.05) is 32.0 Å². The first kappa shape index (κ1) is 19.0. The normalized spacial score (nSPS) is 10.4. The molecule has 3 heterocycles. The molecular formula is C22H22FN3S. The van der Waals surface area contributed by atoms with Crippen LogP contribution in [0.2, 0.25) is 0 Å². The molecule has 4 aromatic rings. The highest BCUT2D eigenvalue weighted by Gasteiger charge is 2.18. The molecule has 0 aliphatic rings. The van der Waals surface area contributed by atoms with E-state index in [0.29, 0.717) is 11.4 Å². The van der Waals surface area contributed by atoms with E-state index in [-0.39, 0.29) is 5.82 Å². The van der Waals surface area contributed by atoms with E-state index in [1.165, 1.54) is 0 Å². The van der Waals surface area contributed by atoms with Crippen molar-refractivity contribution in [3.63, 3.8) is 0 Å². The summed E-state index contributed by atoms with van der Waals surface area (Å²) < 4.78 is 15.3. The molecule has 4 rings (SSSR count). The van der Waals surface area contributed by atoms with Crippen LogP contribution in [0.1, 0.15) is 24.4 Å². The second-order valence-electron chi connectivity index (χ2n) is 5.89. The average Bonchev–Trinajstić information content (AvgIpc) is 3.11. The van der Waals surface area contributed by atoms with E-state index < -0.39 is 0 Å². The van der Waals surface area contributed by atoms with Crippen LogP contribution in [0.25, 0.3) is 21.5 Å². The van der Waals surface area contributed by atoms with Crippen LogP contribution < -0.4 is 5.32 Å². The summed E-state index contributed by atoms with van der Waals surface area (Å²) in [5.41, 5.74) is 3.26. The van der Waals surface area contributed by atoms with Gasteiger partial charge in [0, 0.05) is 27.8 Å². The van der Waals surface area contributed by atoms with Crippen molar-refractivity contribution in [1.82, 2.24) is 9.97 Å². The maximum absolute atomic E-state index is 15.3. The van der Waals surface area contributed by atoms with Crippen LogP contribution in [-0.2, 0) is 0 Å². The van der Waals surface area contributed by atoms with Gasteiger partial charge >= 0.3 is 0 Å². The fourth-order valence-corrected chi connectivity index (χ4v) is 3.65. The lowest BCUT2D eigenvalue weighted by Crippen LogP contribution is -2.00. The summed E-state index contributed by atoms with van der Waals surface area (Å²) in [4.78, 5) is 10.7. The zero-order valence-corrected chi connectivity index (χ0v) is 16.7. The first-order valence-electron chi connectivity index (χ1n) is 8.96. The molecular weight excluding hydrogens is 357 g/mol. The lowest BCUT2D eigenvalue weighted by molar-refractivity contribution is 0.632. The zero-order chi connectivity index (χ0) is 19.4. The molecule has 1 aromatic carbocycles. The molecule has 0 saturated carbocycles. The fourth-order valence-electron chi connectivity index (χ4n) is 2.80. The molecule has 0 radical (unpaired) electrons. The SMILES string of the molecule is CC.Cc1cc(Nc2c(F)c(-c3ccc(C)s3)nc3ccccc23)ccn1. The molecule has 1 N–H and O–H groups in total. The lowest BCUT2D eigenvalue weighted by Gasteiger charge is -2.13. The van der Waals surface area contributed by atoms with Gasteiger partial charge in [0.25, 0.3) is 0 Å². The third-order valence-corrected chi connectivity index (χ3v) is 4.98. The minimum absolute atomic E-state index is 0.338. The second kappa shape index (κ2) is 8.27. The number of rotatable bonds is 3. The molecule has 138 valence electrons. The van der Waals surface area contributed by atoms with E-state index in [1.807, 2.05) is 76.2 Å². The highest BCUT2D eigenvalue weighted by molar-refractivity contribution is 7.15. The summed E-state index contributed by atoms with van der Waals surface area (Å²) in [7, 11) is 0. The summed E-state index contributed by atoms with van der Waals surface area (Å²) in [6.07, 6.45) is 1.71. The van der Waals surface area contributed by atoms with Gasteiger partial charge in [0.05, 0.1) is 16.1 Å². The van der Waals surface area contributed by atoms with Crippen LogP contribution in [0.5, 0.6) is 0 Å². The number of anilines is 2. The highest BCUT2D eigenvalue weighted by Crippen LogP contribution is 2.36. The minimum atomic E-state index is -0.338. The average molecular weight is 380 g/mol. The Labute approximate surface area is 162 Å². The van der Waals surface area contributed by atoms with Gasteiger partial charge in [-0.15, -0.1) is 11.3 Å². The number of hydrogen-bond acceptors (Lipinski definition) is 4. The fraction of sp³-hybridized carbons (Fsp3) is 0.182. The van der Waals surface area contributed by atoms with Crippen molar-refractivity contribution in [3.8, 4) is 10.6 Å². The van der Waals surface area contributed by atoms with Crippen molar-refractivity contribution in [1.29, 1.82) is 0 Å². The van der Waals surface area contributed by atoms with Gasteiger partial charge < -0.3 is 5.32 Å². The largest absolute Gasteiger partial charge is 0.352 e. The van der Waals surface area contributed by atoms with E-state index in [1.54, 1.807) is 17.5 Å². The predicted octanol–water partition coefficient (Wildman–Crippen LogP) is 6.88. The quantitative estimate of drug-likeness (QED) is 0.421. The highest BCUT2D eigenvalue weighted by atomic mass is 32.1. The number of nitrogens with zero attached hydrogens (tertiary/aromatic N) is 2. The van der Waals surface area contributed by atoms with Gasteiger partial charge in [0.2, 0.25) is 0 Å². The third-order valence-electron chi connectivity index (χ3n) is 3.97. The maximum atomic E-state index is 15.3. The minimum Gasteiger partial charge on any atom is -0.352 e. The van der Waals surface area contributed by atoms with Crippen LogP contribution in [0.3, 0.4) is 0 Å². The summed E-state index contributed by atoms with van der Waals surface area (Å²) in [5, 5.41) is 3.98.